The number of nitrogens with one attached hydrogen (secondary N) is 2. The molecule has 0 aliphatic heterocycles. The maximum atomic E-state index is 5.24. The summed E-state index contributed by atoms with van der Waals surface area (Å²) in [5.41, 5.74) is 1.30. The molecule has 1 aliphatic carbocycles. The van der Waals surface area contributed by atoms with E-state index in [0.717, 1.165) is 11.7 Å². The van der Waals surface area contributed by atoms with Crippen LogP contribution in [0.3, 0.4) is 0 Å². The van der Waals surface area contributed by atoms with E-state index in [0.29, 0.717) is 6.04 Å². The summed E-state index contributed by atoms with van der Waals surface area (Å²) in [4.78, 5) is 0. The van der Waals surface area contributed by atoms with Gasteiger partial charge in [-0.15, -0.1) is 0 Å². The molecule has 0 spiro atoms. The SMILES string of the molecule is S=C(NCc1ccsc1)NC1CCCC1. The fourth-order valence-corrected chi connectivity index (χ4v) is 2.79. The van der Waals surface area contributed by atoms with Crippen molar-refractivity contribution in [1.29, 1.82) is 0 Å². The lowest BCUT2D eigenvalue weighted by Gasteiger charge is -2.15. The molecule has 0 unspecified atom stereocenters. The van der Waals surface area contributed by atoms with E-state index >= 15 is 0 Å². The molecule has 0 aromatic carbocycles. The van der Waals surface area contributed by atoms with E-state index in [4.69, 9.17) is 12.2 Å². The molecule has 15 heavy (non-hydrogen) atoms. The summed E-state index contributed by atoms with van der Waals surface area (Å²) < 4.78 is 0. The number of rotatable bonds is 3. The molecule has 2 rings (SSSR count). The Morgan fingerprint density at radius 3 is 2.93 bits per heavy atom. The van der Waals surface area contributed by atoms with Gasteiger partial charge in [0.2, 0.25) is 0 Å². The molecule has 4 heteroatoms. The van der Waals surface area contributed by atoms with Gasteiger partial charge in [0.05, 0.1) is 0 Å². The normalized spacial score (nSPS) is 16.5. The summed E-state index contributed by atoms with van der Waals surface area (Å²) in [7, 11) is 0. The molecular weight excluding hydrogens is 224 g/mol. The van der Waals surface area contributed by atoms with Crippen LogP contribution in [-0.2, 0) is 6.54 Å². The van der Waals surface area contributed by atoms with Crippen LogP contribution in [0, 0.1) is 0 Å². The Morgan fingerprint density at radius 1 is 1.47 bits per heavy atom. The molecule has 0 amide bonds. The summed E-state index contributed by atoms with van der Waals surface area (Å²) in [6.07, 6.45) is 5.20. The fraction of sp³-hybridized carbons (Fsp3) is 0.545. The highest BCUT2D eigenvalue weighted by Crippen LogP contribution is 2.17. The number of hydrogen-bond donors (Lipinski definition) is 2. The van der Waals surface area contributed by atoms with Crippen molar-refractivity contribution in [3.63, 3.8) is 0 Å². The molecule has 0 saturated heterocycles. The van der Waals surface area contributed by atoms with Crippen LogP contribution in [0.15, 0.2) is 16.8 Å². The Bertz CT molecular complexity index is 302. The van der Waals surface area contributed by atoms with Crippen molar-refractivity contribution in [3.05, 3.63) is 22.4 Å². The summed E-state index contributed by atoms with van der Waals surface area (Å²) in [5, 5.41) is 11.6. The second kappa shape index (κ2) is 5.47. The fourth-order valence-electron chi connectivity index (χ4n) is 1.88. The van der Waals surface area contributed by atoms with Gasteiger partial charge in [-0.2, -0.15) is 11.3 Å². The van der Waals surface area contributed by atoms with Crippen LogP contribution in [0.25, 0.3) is 0 Å². The number of thiophene rings is 1. The van der Waals surface area contributed by atoms with Gasteiger partial charge in [-0.05, 0) is 47.4 Å². The number of hydrogen-bond acceptors (Lipinski definition) is 2. The van der Waals surface area contributed by atoms with Gasteiger partial charge in [0.1, 0.15) is 0 Å². The highest BCUT2D eigenvalue weighted by molar-refractivity contribution is 7.80. The lowest BCUT2D eigenvalue weighted by atomic mass is 10.2. The lowest BCUT2D eigenvalue weighted by Crippen LogP contribution is -2.40. The third-order valence-corrected chi connectivity index (χ3v) is 3.72. The van der Waals surface area contributed by atoms with E-state index < -0.39 is 0 Å². The second-order valence-electron chi connectivity index (χ2n) is 3.94. The molecule has 0 bridgehead atoms. The molecule has 82 valence electrons. The monoisotopic (exact) mass is 240 g/mol. The van der Waals surface area contributed by atoms with Gasteiger partial charge in [-0.1, -0.05) is 12.8 Å². The van der Waals surface area contributed by atoms with Crippen molar-refractivity contribution >= 4 is 28.7 Å². The molecule has 0 atom stereocenters. The predicted molar refractivity (Wildman–Crippen MR) is 69.1 cm³/mol. The highest BCUT2D eigenvalue weighted by Gasteiger charge is 2.14. The van der Waals surface area contributed by atoms with Crippen LogP contribution >= 0.6 is 23.6 Å². The van der Waals surface area contributed by atoms with E-state index in [2.05, 4.69) is 27.5 Å². The first-order chi connectivity index (χ1) is 7.34. The standard InChI is InChI=1S/C11H16N2S2/c14-11(13-10-3-1-2-4-10)12-7-9-5-6-15-8-9/h5-6,8,10H,1-4,7H2,(H2,12,13,14). The third-order valence-electron chi connectivity index (χ3n) is 2.72. The lowest BCUT2D eigenvalue weighted by molar-refractivity contribution is 0.621. The Hall–Kier alpha value is -0.610. The van der Waals surface area contributed by atoms with Crippen LogP contribution in [0.1, 0.15) is 31.2 Å². The highest BCUT2D eigenvalue weighted by atomic mass is 32.1. The number of thiocarbonyl (C=S) groups is 1. The van der Waals surface area contributed by atoms with Gasteiger partial charge < -0.3 is 10.6 Å². The molecule has 2 nitrogen and oxygen atoms in total. The average molecular weight is 240 g/mol. The summed E-state index contributed by atoms with van der Waals surface area (Å²) in [6.45, 7) is 0.835. The first-order valence-corrected chi connectivity index (χ1v) is 6.75. The molecular formula is C11H16N2S2. The van der Waals surface area contributed by atoms with Crippen molar-refractivity contribution < 1.29 is 0 Å². The summed E-state index contributed by atoms with van der Waals surface area (Å²) >= 11 is 6.97. The molecule has 1 aromatic heterocycles. The first-order valence-electron chi connectivity index (χ1n) is 5.40. The van der Waals surface area contributed by atoms with Crippen LogP contribution in [-0.4, -0.2) is 11.2 Å². The molecule has 1 aliphatic rings. The van der Waals surface area contributed by atoms with Gasteiger partial charge in [0.15, 0.2) is 5.11 Å². The molecule has 1 aromatic rings. The van der Waals surface area contributed by atoms with E-state index in [1.165, 1.54) is 31.2 Å². The van der Waals surface area contributed by atoms with E-state index in [1.54, 1.807) is 11.3 Å². The average Bonchev–Trinajstić information content (AvgIpc) is 2.86. The third kappa shape index (κ3) is 3.47. The smallest absolute Gasteiger partial charge is 0.166 e. The van der Waals surface area contributed by atoms with Gasteiger partial charge in [-0.3, -0.25) is 0 Å². The Kier molecular flexibility index (Phi) is 3.97. The van der Waals surface area contributed by atoms with Crippen molar-refractivity contribution in [2.24, 2.45) is 0 Å². The largest absolute Gasteiger partial charge is 0.360 e. The van der Waals surface area contributed by atoms with Gasteiger partial charge in [0, 0.05) is 12.6 Å². The quantitative estimate of drug-likeness (QED) is 0.794. The zero-order chi connectivity index (χ0) is 10.5. The first kappa shape index (κ1) is 10.9. The zero-order valence-corrected chi connectivity index (χ0v) is 10.3. The van der Waals surface area contributed by atoms with Crippen LogP contribution in [0.5, 0.6) is 0 Å². The maximum Gasteiger partial charge on any atom is 0.166 e. The molecule has 1 heterocycles. The van der Waals surface area contributed by atoms with Crippen molar-refractivity contribution in [2.45, 2.75) is 38.3 Å². The molecule has 2 N–H and O–H groups in total. The van der Waals surface area contributed by atoms with E-state index in [-0.39, 0.29) is 0 Å². The maximum absolute atomic E-state index is 5.24. The van der Waals surface area contributed by atoms with E-state index in [9.17, 15) is 0 Å². The van der Waals surface area contributed by atoms with Crippen LogP contribution in [0.2, 0.25) is 0 Å². The minimum absolute atomic E-state index is 0.604. The second-order valence-corrected chi connectivity index (χ2v) is 5.13. The van der Waals surface area contributed by atoms with Crippen molar-refractivity contribution in [3.8, 4) is 0 Å². The van der Waals surface area contributed by atoms with Gasteiger partial charge >= 0.3 is 0 Å². The van der Waals surface area contributed by atoms with Gasteiger partial charge in [-0.25, -0.2) is 0 Å². The molecule has 1 saturated carbocycles. The van der Waals surface area contributed by atoms with Crippen molar-refractivity contribution in [1.82, 2.24) is 10.6 Å². The molecule has 1 fully saturated rings. The Morgan fingerprint density at radius 2 is 2.27 bits per heavy atom. The Balaban J connectivity index is 1.68. The minimum atomic E-state index is 0.604. The summed E-state index contributed by atoms with van der Waals surface area (Å²) in [6, 6.07) is 2.73. The van der Waals surface area contributed by atoms with Crippen LogP contribution in [0.4, 0.5) is 0 Å². The Labute approximate surface area is 100 Å². The predicted octanol–water partition coefficient (Wildman–Crippen LogP) is 2.65. The summed E-state index contributed by atoms with van der Waals surface area (Å²) in [5.74, 6) is 0. The topological polar surface area (TPSA) is 24.1 Å². The van der Waals surface area contributed by atoms with Crippen molar-refractivity contribution in [2.75, 3.05) is 0 Å². The minimum Gasteiger partial charge on any atom is -0.360 e. The zero-order valence-electron chi connectivity index (χ0n) is 8.66. The van der Waals surface area contributed by atoms with Gasteiger partial charge in [0.25, 0.3) is 0 Å². The molecule has 0 radical (unpaired) electrons. The van der Waals surface area contributed by atoms with Crippen LogP contribution < -0.4 is 10.6 Å². The van der Waals surface area contributed by atoms with E-state index in [1.807, 2.05) is 0 Å².